The molecule has 172 valence electrons. The molecule has 0 radical (unpaired) electrons. The van der Waals surface area contributed by atoms with E-state index in [1.54, 1.807) is 36.4 Å². The minimum absolute atomic E-state index is 0.0106. The van der Waals surface area contributed by atoms with E-state index < -0.39 is 30.9 Å². The highest BCUT2D eigenvalue weighted by Gasteiger charge is 2.38. The van der Waals surface area contributed by atoms with Crippen LogP contribution in [-0.2, 0) is 31.1 Å². The number of carbonyl (C=O) groups is 1. The van der Waals surface area contributed by atoms with Crippen molar-refractivity contribution in [2.75, 3.05) is 12.3 Å². The molecule has 1 heterocycles. The largest absolute Gasteiger partial charge is 0.457 e. The minimum Gasteiger partial charge on any atom is -0.457 e. The van der Waals surface area contributed by atoms with Crippen molar-refractivity contribution in [3.63, 3.8) is 0 Å². The molecule has 7 nitrogen and oxygen atoms in total. The van der Waals surface area contributed by atoms with Crippen molar-refractivity contribution < 1.29 is 26.4 Å². The van der Waals surface area contributed by atoms with E-state index in [2.05, 4.69) is 4.72 Å². The van der Waals surface area contributed by atoms with Gasteiger partial charge in [0, 0.05) is 13.0 Å². The van der Waals surface area contributed by atoms with E-state index in [0.717, 1.165) is 5.56 Å². The number of ether oxygens (including phenoxy) is 1. The molecule has 0 amide bonds. The number of para-hydroxylation sites is 1. The molecule has 3 aromatic rings. The third-order valence-electron chi connectivity index (χ3n) is 5.38. The molecule has 0 aromatic heterocycles. The van der Waals surface area contributed by atoms with Crippen molar-refractivity contribution in [3.8, 4) is 11.5 Å². The number of benzene rings is 3. The summed E-state index contributed by atoms with van der Waals surface area (Å²) in [6, 6.07) is 22.3. The summed E-state index contributed by atoms with van der Waals surface area (Å²) in [5.41, 5.74) is 1.44. The van der Waals surface area contributed by atoms with Crippen LogP contribution in [0.5, 0.6) is 11.5 Å². The molecule has 1 unspecified atom stereocenters. The maximum atomic E-state index is 12.6. The monoisotopic (exact) mass is 485 g/mol. The number of nitrogens with one attached hydrogen (secondary N) is 1. The normalized spacial score (nSPS) is 17.7. The molecule has 1 fully saturated rings. The molecule has 1 aliphatic heterocycles. The lowest BCUT2D eigenvalue weighted by Gasteiger charge is -2.11. The van der Waals surface area contributed by atoms with Crippen LogP contribution >= 0.6 is 0 Å². The summed E-state index contributed by atoms with van der Waals surface area (Å²) in [6.07, 6.45) is 0.446. The average molecular weight is 486 g/mol. The second-order valence-corrected chi connectivity index (χ2v) is 11.8. The molecule has 1 saturated heterocycles. The molecule has 0 aliphatic carbocycles. The van der Waals surface area contributed by atoms with Crippen molar-refractivity contribution >= 4 is 25.6 Å². The SMILES string of the molecule is O=C1CC(c2ccc(CCNS(=O)(=O)c3ccc(Oc4ccccc4)cc3)cc2)S(=O)(=O)C1. The second-order valence-electron chi connectivity index (χ2n) is 7.81. The zero-order valence-corrected chi connectivity index (χ0v) is 19.3. The molecule has 1 atom stereocenters. The van der Waals surface area contributed by atoms with Gasteiger partial charge in [-0.15, -0.1) is 0 Å². The molecule has 1 N–H and O–H groups in total. The molecule has 0 saturated carbocycles. The number of Topliss-reactive ketones (excluding diaryl/α,β-unsaturated/α-hetero) is 1. The van der Waals surface area contributed by atoms with Gasteiger partial charge in [-0.3, -0.25) is 4.79 Å². The maximum Gasteiger partial charge on any atom is 0.240 e. The van der Waals surface area contributed by atoms with Gasteiger partial charge in [0.2, 0.25) is 10.0 Å². The quantitative estimate of drug-likeness (QED) is 0.524. The molecule has 3 aromatic carbocycles. The average Bonchev–Trinajstić information content (AvgIpc) is 3.07. The van der Waals surface area contributed by atoms with Gasteiger partial charge in [-0.05, 0) is 53.9 Å². The van der Waals surface area contributed by atoms with Gasteiger partial charge in [0.15, 0.2) is 9.84 Å². The summed E-state index contributed by atoms with van der Waals surface area (Å²) in [5, 5.41) is -0.786. The Hall–Kier alpha value is -3.01. The number of carbonyl (C=O) groups excluding carboxylic acids is 1. The number of rotatable bonds is 8. The fourth-order valence-electron chi connectivity index (χ4n) is 3.67. The van der Waals surface area contributed by atoms with Crippen molar-refractivity contribution in [1.29, 1.82) is 0 Å². The first-order chi connectivity index (χ1) is 15.7. The first kappa shape index (κ1) is 23.2. The van der Waals surface area contributed by atoms with Crippen molar-refractivity contribution in [1.82, 2.24) is 4.72 Å². The predicted octanol–water partition coefficient (Wildman–Crippen LogP) is 3.43. The van der Waals surface area contributed by atoms with E-state index in [1.165, 1.54) is 12.1 Å². The van der Waals surface area contributed by atoms with Gasteiger partial charge in [0.1, 0.15) is 23.0 Å². The highest BCUT2D eigenvalue weighted by Crippen LogP contribution is 2.32. The number of sulfone groups is 1. The van der Waals surface area contributed by atoms with Gasteiger partial charge >= 0.3 is 0 Å². The van der Waals surface area contributed by atoms with Crippen LogP contribution in [-0.4, -0.2) is 34.9 Å². The molecule has 33 heavy (non-hydrogen) atoms. The maximum absolute atomic E-state index is 12.6. The van der Waals surface area contributed by atoms with Crippen LogP contribution in [0.1, 0.15) is 22.8 Å². The highest BCUT2D eigenvalue weighted by atomic mass is 32.2. The van der Waals surface area contributed by atoms with Gasteiger partial charge in [0.25, 0.3) is 0 Å². The van der Waals surface area contributed by atoms with E-state index in [1.807, 2.05) is 30.3 Å². The third kappa shape index (κ3) is 5.68. The fourth-order valence-corrected chi connectivity index (χ4v) is 6.48. The van der Waals surface area contributed by atoms with Crippen molar-refractivity contribution in [3.05, 3.63) is 90.0 Å². The van der Waals surface area contributed by atoms with Gasteiger partial charge in [-0.2, -0.15) is 0 Å². The van der Waals surface area contributed by atoms with Crippen LogP contribution in [0.2, 0.25) is 0 Å². The van der Waals surface area contributed by atoms with E-state index >= 15 is 0 Å². The minimum atomic E-state index is -3.69. The molecule has 0 spiro atoms. The summed E-state index contributed by atoms with van der Waals surface area (Å²) in [7, 11) is -7.13. The summed E-state index contributed by atoms with van der Waals surface area (Å²) in [4.78, 5) is 11.6. The van der Waals surface area contributed by atoms with E-state index in [-0.39, 0.29) is 23.6 Å². The van der Waals surface area contributed by atoms with E-state index in [4.69, 9.17) is 4.74 Å². The van der Waals surface area contributed by atoms with Gasteiger partial charge in [-0.25, -0.2) is 21.6 Å². The van der Waals surface area contributed by atoms with Crippen LogP contribution in [0, 0.1) is 0 Å². The van der Waals surface area contributed by atoms with E-state index in [0.29, 0.717) is 23.5 Å². The Kier molecular flexibility index (Phi) is 6.64. The van der Waals surface area contributed by atoms with Gasteiger partial charge in [0.05, 0.1) is 10.1 Å². The standard InChI is InChI=1S/C24H23NO6S2/c26-20-16-24(32(27,28)17-20)19-8-6-18(7-9-19)14-15-25-33(29,30)23-12-10-22(11-13-23)31-21-4-2-1-3-5-21/h1-13,24-25H,14-17H2. The van der Waals surface area contributed by atoms with Crippen LogP contribution in [0.15, 0.2) is 83.8 Å². The lowest BCUT2D eigenvalue weighted by Crippen LogP contribution is -2.26. The summed E-state index contributed by atoms with van der Waals surface area (Å²) < 4.78 is 57.6. The number of hydrogen-bond donors (Lipinski definition) is 1. The lowest BCUT2D eigenvalue weighted by molar-refractivity contribution is -0.116. The first-order valence-corrected chi connectivity index (χ1v) is 13.6. The van der Waals surface area contributed by atoms with Crippen molar-refractivity contribution in [2.24, 2.45) is 0 Å². The zero-order chi connectivity index (χ0) is 23.5. The molecule has 4 rings (SSSR count). The third-order valence-corrected chi connectivity index (χ3v) is 8.89. The molecular formula is C24H23NO6S2. The molecule has 9 heteroatoms. The van der Waals surface area contributed by atoms with Gasteiger partial charge in [-0.1, -0.05) is 42.5 Å². The summed E-state index contributed by atoms with van der Waals surface area (Å²) in [5.74, 6) is 0.527. The Labute approximate surface area is 193 Å². The van der Waals surface area contributed by atoms with Crippen LogP contribution in [0.4, 0.5) is 0 Å². The fraction of sp³-hybridized carbons (Fsp3) is 0.208. The van der Waals surface area contributed by atoms with Gasteiger partial charge < -0.3 is 4.74 Å². The molecule has 1 aliphatic rings. The van der Waals surface area contributed by atoms with Crippen molar-refractivity contribution in [2.45, 2.75) is 23.0 Å². The number of ketones is 1. The molecule has 0 bridgehead atoms. The Bertz CT molecular complexity index is 1330. The van der Waals surface area contributed by atoms with Crippen LogP contribution in [0.3, 0.4) is 0 Å². The number of sulfonamides is 1. The Morgan fingerprint density at radius 2 is 1.52 bits per heavy atom. The molecular weight excluding hydrogens is 462 g/mol. The Morgan fingerprint density at radius 3 is 2.12 bits per heavy atom. The predicted molar refractivity (Wildman–Crippen MR) is 124 cm³/mol. The van der Waals surface area contributed by atoms with Crippen LogP contribution in [0.25, 0.3) is 0 Å². The zero-order valence-electron chi connectivity index (χ0n) is 17.7. The summed E-state index contributed by atoms with van der Waals surface area (Å²) >= 11 is 0. The number of hydrogen-bond acceptors (Lipinski definition) is 6. The first-order valence-electron chi connectivity index (χ1n) is 10.4. The Morgan fingerprint density at radius 1 is 0.879 bits per heavy atom. The topological polar surface area (TPSA) is 107 Å². The van der Waals surface area contributed by atoms with E-state index in [9.17, 15) is 21.6 Å². The van der Waals surface area contributed by atoms with Crippen LogP contribution < -0.4 is 9.46 Å². The lowest BCUT2D eigenvalue weighted by atomic mass is 10.0. The second kappa shape index (κ2) is 9.46. The summed E-state index contributed by atoms with van der Waals surface area (Å²) in [6.45, 7) is 0.185. The smallest absolute Gasteiger partial charge is 0.240 e. The Balaban J connectivity index is 1.33. The highest BCUT2D eigenvalue weighted by molar-refractivity contribution is 7.92.